The summed E-state index contributed by atoms with van der Waals surface area (Å²) in [7, 11) is 1.92. The molecule has 2 aromatic rings. The fourth-order valence-electron chi connectivity index (χ4n) is 2.53. The smallest absolute Gasteiger partial charge is 0.151 e. The number of ether oxygens (including phenoxy) is 1. The minimum absolute atomic E-state index is 0.369. The van der Waals surface area contributed by atoms with Crippen LogP contribution in [0.2, 0.25) is 0 Å². The lowest BCUT2D eigenvalue weighted by molar-refractivity contribution is -0.0468. The quantitative estimate of drug-likeness (QED) is 0.804. The highest BCUT2D eigenvalue weighted by Gasteiger charge is 2.35. The van der Waals surface area contributed by atoms with Crippen LogP contribution in [0.15, 0.2) is 29.6 Å². The fraction of sp³-hybridized carbons (Fsp3) is 0.500. The van der Waals surface area contributed by atoms with Gasteiger partial charge in [0.2, 0.25) is 0 Å². The van der Waals surface area contributed by atoms with Crippen LogP contribution < -0.4 is 4.90 Å². The Kier molecular flexibility index (Phi) is 3.86. The minimum Gasteiger partial charge on any atom is -0.367 e. The molecule has 1 saturated heterocycles. The molecular formula is C14H19N5OS. The van der Waals surface area contributed by atoms with Gasteiger partial charge in [0.05, 0.1) is 19.3 Å². The van der Waals surface area contributed by atoms with E-state index in [9.17, 15) is 0 Å². The summed E-state index contributed by atoms with van der Waals surface area (Å²) in [6.45, 7) is 4.33. The van der Waals surface area contributed by atoms with E-state index in [1.807, 2.05) is 37.8 Å². The zero-order valence-corrected chi connectivity index (χ0v) is 13.3. The first-order valence-electron chi connectivity index (χ1n) is 6.86. The molecule has 0 bridgehead atoms. The lowest BCUT2D eigenvalue weighted by Crippen LogP contribution is -2.48. The van der Waals surface area contributed by atoms with Gasteiger partial charge >= 0.3 is 0 Å². The molecule has 1 fully saturated rings. The Hall–Kier alpha value is -1.60. The van der Waals surface area contributed by atoms with Crippen molar-refractivity contribution in [3.63, 3.8) is 0 Å². The van der Waals surface area contributed by atoms with E-state index in [1.165, 1.54) is 0 Å². The first kappa shape index (κ1) is 14.3. The van der Waals surface area contributed by atoms with Crippen molar-refractivity contribution in [1.29, 1.82) is 0 Å². The molecule has 0 spiro atoms. The molecule has 0 amide bonds. The summed E-state index contributed by atoms with van der Waals surface area (Å²) in [5.74, 6) is 0.895. The molecule has 112 valence electrons. The minimum atomic E-state index is -0.369. The van der Waals surface area contributed by atoms with E-state index < -0.39 is 0 Å². The lowest BCUT2D eigenvalue weighted by atomic mass is 9.97. The molecule has 3 heterocycles. The van der Waals surface area contributed by atoms with E-state index in [4.69, 9.17) is 4.74 Å². The van der Waals surface area contributed by atoms with Crippen molar-refractivity contribution in [3.8, 4) is 0 Å². The van der Waals surface area contributed by atoms with Crippen LogP contribution in [0.4, 0.5) is 5.82 Å². The van der Waals surface area contributed by atoms with Crippen molar-refractivity contribution in [2.75, 3.05) is 30.9 Å². The molecule has 7 heteroatoms. The third-order valence-electron chi connectivity index (χ3n) is 3.75. The Morgan fingerprint density at radius 3 is 2.81 bits per heavy atom. The maximum absolute atomic E-state index is 6.01. The number of hydrogen-bond donors (Lipinski definition) is 0. The Labute approximate surface area is 128 Å². The molecular weight excluding hydrogens is 286 g/mol. The standard InChI is InChI=1S/C14H19N5OS/c1-14(11-8-15-18(2)9-11)10-19(6-7-20-14)12-4-5-13(21-3)17-16-12/h4-5,8-9H,6-7,10H2,1-3H3. The second kappa shape index (κ2) is 5.65. The van der Waals surface area contributed by atoms with Gasteiger partial charge in [0.25, 0.3) is 0 Å². The molecule has 0 radical (unpaired) electrons. The molecule has 1 atom stereocenters. The predicted molar refractivity (Wildman–Crippen MR) is 82.5 cm³/mol. The average molecular weight is 305 g/mol. The zero-order valence-electron chi connectivity index (χ0n) is 12.5. The average Bonchev–Trinajstić information content (AvgIpc) is 2.95. The molecule has 6 nitrogen and oxygen atoms in total. The van der Waals surface area contributed by atoms with Crippen LogP contribution in [0.25, 0.3) is 0 Å². The van der Waals surface area contributed by atoms with Gasteiger partial charge in [0, 0.05) is 25.4 Å². The number of thioether (sulfide) groups is 1. The lowest BCUT2D eigenvalue weighted by Gasteiger charge is -2.40. The topological polar surface area (TPSA) is 56.1 Å². The van der Waals surface area contributed by atoms with Crippen molar-refractivity contribution in [1.82, 2.24) is 20.0 Å². The molecule has 21 heavy (non-hydrogen) atoms. The summed E-state index contributed by atoms with van der Waals surface area (Å²) in [6.07, 6.45) is 5.87. The normalized spacial score (nSPS) is 22.5. The van der Waals surface area contributed by atoms with Crippen molar-refractivity contribution in [2.24, 2.45) is 7.05 Å². The van der Waals surface area contributed by atoms with Gasteiger partial charge in [0.1, 0.15) is 10.6 Å². The largest absolute Gasteiger partial charge is 0.367 e. The van der Waals surface area contributed by atoms with Gasteiger partial charge in [0.15, 0.2) is 5.82 Å². The van der Waals surface area contributed by atoms with Crippen LogP contribution in [-0.2, 0) is 17.4 Å². The highest BCUT2D eigenvalue weighted by Crippen LogP contribution is 2.30. The third kappa shape index (κ3) is 2.89. The van der Waals surface area contributed by atoms with Crippen molar-refractivity contribution in [2.45, 2.75) is 17.6 Å². The van der Waals surface area contributed by atoms with E-state index >= 15 is 0 Å². The van der Waals surface area contributed by atoms with Gasteiger partial charge in [-0.25, -0.2) is 0 Å². The Balaban J connectivity index is 1.81. The molecule has 3 rings (SSSR count). The molecule has 2 aromatic heterocycles. The van der Waals surface area contributed by atoms with Gasteiger partial charge in [-0.05, 0) is 25.3 Å². The molecule has 0 saturated carbocycles. The summed E-state index contributed by atoms with van der Waals surface area (Å²) >= 11 is 1.60. The SMILES string of the molecule is CSc1ccc(N2CCOC(C)(c3cnn(C)c3)C2)nn1. The summed E-state index contributed by atoms with van der Waals surface area (Å²) < 4.78 is 7.82. The Bertz CT molecular complexity index is 614. The second-order valence-electron chi connectivity index (χ2n) is 5.34. The number of hydrogen-bond acceptors (Lipinski definition) is 6. The molecule has 1 aliphatic heterocycles. The van der Waals surface area contributed by atoms with E-state index in [-0.39, 0.29) is 5.60 Å². The Morgan fingerprint density at radius 1 is 1.33 bits per heavy atom. The molecule has 0 N–H and O–H groups in total. The molecule has 0 aromatic carbocycles. The van der Waals surface area contributed by atoms with Gasteiger partial charge in [-0.1, -0.05) is 0 Å². The van der Waals surface area contributed by atoms with Crippen LogP contribution in [0.3, 0.4) is 0 Å². The van der Waals surface area contributed by atoms with Gasteiger partial charge in [-0.15, -0.1) is 22.0 Å². The second-order valence-corrected chi connectivity index (χ2v) is 6.16. The summed E-state index contributed by atoms with van der Waals surface area (Å²) in [6, 6.07) is 4.03. The van der Waals surface area contributed by atoms with Crippen molar-refractivity contribution in [3.05, 3.63) is 30.1 Å². The van der Waals surface area contributed by atoms with Gasteiger partial charge in [-0.2, -0.15) is 5.10 Å². The van der Waals surface area contributed by atoms with E-state index in [0.717, 1.165) is 29.5 Å². The molecule has 1 unspecified atom stereocenters. The summed E-state index contributed by atoms with van der Waals surface area (Å²) in [5.41, 5.74) is 0.718. The van der Waals surface area contributed by atoms with Crippen LogP contribution in [0.1, 0.15) is 12.5 Å². The molecule has 0 aliphatic carbocycles. The summed E-state index contributed by atoms with van der Waals surface area (Å²) in [4.78, 5) is 2.22. The number of anilines is 1. The summed E-state index contributed by atoms with van der Waals surface area (Å²) in [5, 5.41) is 13.7. The number of aryl methyl sites for hydroxylation is 1. The number of nitrogens with zero attached hydrogens (tertiary/aromatic N) is 5. The van der Waals surface area contributed by atoms with E-state index in [2.05, 4.69) is 27.1 Å². The van der Waals surface area contributed by atoms with Crippen LogP contribution in [0.5, 0.6) is 0 Å². The maximum Gasteiger partial charge on any atom is 0.151 e. The van der Waals surface area contributed by atoms with Gasteiger partial charge in [-0.3, -0.25) is 4.68 Å². The third-order valence-corrected chi connectivity index (χ3v) is 4.39. The number of rotatable bonds is 3. The van der Waals surface area contributed by atoms with Crippen LogP contribution in [0, 0.1) is 0 Å². The number of aromatic nitrogens is 4. The van der Waals surface area contributed by atoms with E-state index in [0.29, 0.717) is 6.61 Å². The number of morpholine rings is 1. The van der Waals surface area contributed by atoms with Gasteiger partial charge < -0.3 is 9.64 Å². The molecule has 1 aliphatic rings. The first-order chi connectivity index (χ1) is 10.1. The Morgan fingerprint density at radius 2 is 2.19 bits per heavy atom. The first-order valence-corrected chi connectivity index (χ1v) is 8.09. The monoisotopic (exact) mass is 305 g/mol. The van der Waals surface area contributed by atoms with E-state index in [1.54, 1.807) is 16.4 Å². The predicted octanol–water partition coefficient (Wildman–Crippen LogP) is 1.68. The fourth-order valence-corrected chi connectivity index (χ4v) is 2.85. The zero-order chi connectivity index (χ0) is 14.9. The van der Waals surface area contributed by atoms with Crippen LogP contribution >= 0.6 is 11.8 Å². The van der Waals surface area contributed by atoms with Crippen LogP contribution in [-0.4, -0.2) is 45.9 Å². The highest BCUT2D eigenvalue weighted by atomic mass is 32.2. The maximum atomic E-state index is 6.01. The highest BCUT2D eigenvalue weighted by molar-refractivity contribution is 7.98. The van der Waals surface area contributed by atoms with Crippen molar-refractivity contribution >= 4 is 17.6 Å². The van der Waals surface area contributed by atoms with Crippen molar-refractivity contribution < 1.29 is 4.74 Å².